The van der Waals surface area contributed by atoms with Crippen molar-refractivity contribution in [3.05, 3.63) is 35.8 Å². The van der Waals surface area contributed by atoms with E-state index in [1.54, 1.807) is 6.07 Å². The Labute approximate surface area is 101 Å². The summed E-state index contributed by atoms with van der Waals surface area (Å²) in [6.07, 6.45) is 3.98. The molecule has 0 aliphatic rings. The summed E-state index contributed by atoms with van der Waals surface area (Å²) in [5, 5.41) is 1.02. The van der Waals surface area contributed by atoms with Crippen LogP contribution in [0.15, 0.2) is 24.4 Å². The van der Waals surface area contributed by atoms with Crippen molar-refractivity contribution in [2.75, 3.05) is 6.54 Å². The molecule has 0 bridgehead atoms. The van der Waals surface area contributed by atoms with Crippen molar-refractivity contribution in [2.45, 2.75) is 32.7 Å². The number of aryl methyl sites for hydroxylation is 1. The van der Waals surface area contributed by atoms with Crippen molar-refractivity contribution in [3.8, 4) is 0 Å². The zero-order chi connectivity index (χ0) is 12.4. The quantitative estimate of drug-likeness (QED) is 0.865. The lowest BCUT2D eigenvalue weighted by Crippen LogP contribution is -2.00. The van der Waals surface area contributed by atoms with E-state index >= 15 is 0 Å². The standard InChI is InChI=1S/C14H19FN2/c1-10(2)17-9-11(4-3-7-16)13-8-12(15)5-6-14(13)17/h5-6,8-10H,3-4,7,16H2,1-2H3. The molecule has 3 heteroatoms. The van der Waals surface area contributed by atoms with Crippen LogP contribution >= 0.6 is 0 Å². The molecule has 0 unspecified atom stereocenters. The number of hydrogen-bond acceptors (Lipinski definition) is 1. The molecule has 1 aromatic carbocycles. The van der Waals surface area contributed by atoms with Gasteiger partial charge in [0, 0.05) is 23.1 Å². The average Bonchev–Trinajstić information content (AvgIpc) is 2.64. The summed E-state index contributed by atoms with van der Waals surface area (Å²) < 4.78 is 15.5. The van der Waals surface area contributed by atoms with Crippen LogP contribution in [0.25, 0.3) is 10.9 Å². The fourth-order valence-corrected chi connectivity index (χ4v) is 2.22. The Hall–Kier alpha value is -1.35. The van der Waals surface area contributed by atoms with Gasteiger partial charge in [0.2, 0.25) is 0 Å². The summed E-state index contributed by atoms with van der Waals surface area (Å²) in [5.74, 6) is -0.173. The van der Waals surface area contributed by atoms with E-state index < -0.39 is 0 Å². The van der Waals surface area contributed by atoms with Gasteiger partial charge in [-0.1, -0.05) is 0 Å². The van der Waals surface area contributed by atoms with Crippen molar-refractivity contribution in [3.63, 3.8) is 0 Å². The number of benzene rings is 1. The largest absolute Gasteiger partial charge is 0.345 e. The van der Waals surface area contributed by atoms with Gasteiger partial charge in [-0.15, -0.1) is 0 Å². The van der Waals surface area contributed by atoms with Crippen LogP contribution in [-0.2, 0) is 6.42 Å². The lowest BCUT2D eigenvalue weighted by atomic mass is 10.1. The Balaban J connectivity index is 2.54. The molecule has 2 N–H and O–H groups in total. The van der Waals surface area contributed by atoms with Crippen molar-refractivity contribution in [1.82, 2.24) is 4.57 Å². The Kier molecular flexibility index (Phi) is 3.48. The van der Waals surface area contributed by atoms with Crippen molar-refractivity contribution in [2.24, 2.45) is 5.73 Å². The second-order valence-electron chi connectivity index (χ2n) is 4.71. The maximum absolute atomic E-state index is 13.3. The average molecular weight is 234 g/mol. The summed E-state index contributed by atoms with van der Waals surface area (Å²) in [4.78, 5) is 0. The number of hydrogen-bond donors (Lipinski definition) is 1. The molecule has 2 nitrogen and oxygen atoms in total. The monoisotopic (exact) mass is 234 g/mol. The molecule has 0 saturated carbocycles. The summed E-state index contributed by atoms with van der Waals surface area (Å²) in [7, 11) is 0. The minimum absolute atomic E-state index is 0.173. The molecular formula is C14H19FN2. The number of aromatic nitrogens is 1. The summed E-state index contributed by atoms with van der Waals surface area (Å²) in [6.45, 7) is 4.94. The first-order valence-electron chi connectivity index (χ1n) is 6.12. The topological polar surface area (TPSA) is 30.9 Å². The van der Waals surface area contributed by atoms with Crippen molar-refractivity contribution < 1.29 is 4.39 Å². The second-order valence-corrected chi connectivity index (χ2v) is 4.71. The van der Waals surface area contributed by atoms with E-state index in [9.17, 15) is 4.39 Å². The molecule has 0 spiro atoms. The number of nitrogens with two attached hydrogens (primary N) is 1. The molecule has 0 saturated heterocycles. The summed E-state index contributed by atoms with van der Waals surface area (Å²) in [5.41, 5.74) is 7.83. The van der Waals surface area contributed by atoms with Gasteiger partial charge in [-0.2, -0.15) is 0 Å². The lowest BCUT2D eigenvalue weighted by Gasteiger charge is -2.08. The highest BCUT2D eigenvalue weighted by atomic mass is 19.1. The first kappa shape index (κ1) is 12.1. The van der Waals surface area contributed by atoms with Gasteiger partial charge in [-0.25, -0.2) is 4.39 Å². The molecule has 17 heavy (non-hydrogen) atoms. The smallest absolute Gasteiger partial charge is 0.123 e. The maximum atomic E-state index is 13.3. The second kappa shape index (κ2) is 4.88. The maximum Gasteiger partial charge on any atom is 0.123 e. The highest BCUT2D eigenvalue weighted by molar-refractivity contribution is 5.84. The molecule has 0 fully saturated rings. The third kappa shape index (κ3) is 2.34. The third-order valence-corrected chi connectivity index (χ3v) is 3.08. The van der Waals surface area contributed by atoms with Gasteiger partial charge >= 0.3 is 0 Å². The first-order valence-corrected chi connectivity index (χ1v) is 6.12. The summed E-state index contributed by atoms with van der Waals surface area (Å²) in [6, 6.07) is 5.39. The zero-order valence-electron chi connectivity index (χ0n) is 10.4. The molecule has 1 heterocycles. The molecule has 0 aliphatic carbocycles. The minimum atomic E-state index is -0.173. The molecular weight excluding hydrogens is 215 g/mol. The van der Waals surface area contributed by atoms with Crippen LogP contribution in [0.3, 0.4) is 0 Å². The van der Waals surface area contributed by atoms with Crippen LogP contribution in [0.4, 0.5) is 4.39 Å². The van der Waals surface area contributed by atoms with Gasteiger partial charge in [0.25, 0.3) is 0 Å². The van der Waals surface area contributed by atoms with Gasteiger partial charge in [-0.05, 0) is 57.0 Å². The number of rotatable bonds is 4. The molecule has 92 valence electrons. The van der Waals surface area contributed by atoms with E-state index in [0.717, 1.165) is 23.7 Å². The molecule has 2 rings (SSSR count). The van der Waals surface area contributed by atoms with E-state index in [1.807, 2.05) is 6.07 Å². The van der Waals surface area contributed by atoms with Gasteiger partial charge in [0.05, 0.1) is 0 Å². The van der Waals surface area contributed by atoms with Crippen LogP contribution < -0.4 is 5.73 Å². The van der Waals surface area contributed by atoms with Gasteiger partial charge in [0.1, 0.15) is 5.82 Å². The van der Waals surface area contributed by atoms with E-state index in [2.05, 4.69) is 24.6 Å². The molecule has 2 aromatic rings. The number of nitrogens with zero attached hydrogens (tertiary/aromatic N) is 1. The van der Waals surface area contributed by atoms with E-state index in [4.69, 9.17) is 5.73 Å². The predicted molar refractivity (Wildman–Crippen MR) is 69.7 cm³/mol. The predicted octanol–water partition coefficient (Wildman–Crippen LogP) is 3.25. The molecule has 0 radical (unpaired) electrons. The van der Waals surface area contributed by atoms with E-state index in [1.165, 1.54) is 11.6 Å². The first-order chi connectivity index (χ1) is 8.13. The van der Waals surface area contributed by atoms with Gasteiger partial charge in [-0.3, -0.25) is 0 Å². The van der Waals surface area contributed by atoms with Gasteiger partial charge < -0.3 is 10.3 Å². The number of fused-ring (bicyclic) bond motifs is 1. The lowest BCUT2D eigenvalue weighted by molar-refractivity contribution is 0.617. The van der Waals surface area contributed by atoms with E-state index in [0.29, 0.717) is 12.6 Å². The van der Waals surface area contributed by atoms with Crippen LogP contribution in [0.1, 0.15) is 31.9 Å². The fourth-order valence-electron chi connectivity index (χ4n) is 2.22. The van der Waals surface area contributed by atoms with E-state index in [-0.39, 0.29) is 5.82 Å². The minimum Gasteiger partial charge on any atom is -0.345 e. The number of halogens is 1. The van der Waals surface area contributed by atoms with Crippen LogP contribution in [0, 0.1) is 5.82 Å². The molecule has 0 aliphatic heterocycles. The highest BCUT2D eigenvalue weighted by Gasteiger charge is 2.10. The SMILES string of the molecule is CC(C)n1cc(CCCN)c2cc(F)ccc21. The zero-order valence-corrected chi connectivity index (χ0v) is 10.4. The molecule has 0 atom stereocenters. The fraction of sp³-hybridized carbons (Fsp3) is 0.429. The Morgan fingerprint density at radius 3 is 2.76 bits per heavy atom. The van der Waals surface area contributed by atoms with Crippen LogP contribution in [0.2, 0.25) is 0 Å². The van der Waals surface area contributed by atoms with Crippen LogP contribution in [-0.4, -0.2) is 11.1 Å². The Morgan fingerprint density at radius 2 is 2.12 bits per heavy atom. The van der Waals surface area contributed by atoms with Crippen molar-refractivity contribution >= 4 is 10.9 Å². The normalized spacial score (nSPS) is 11.6. The van der Waals surface area contributed by atoms with Crippen molar-refractivity contribution in [1.29, 1.82) is 0 Å². The Bertz CT molecular complexity index is 514. The van der Waals surface area contributed by atoms with Gasteiger partial charge in [0.15, 0.2) is 0 Å². The van der Waals surface area contributed by atoms with Crippen LogP contribution in [0.5, 0.6) is 0 Å². The summed E-state index contributed by atoms with van der Waals surface area (Å²) >= 11 is 0. The molecule has 0 amide bonds. The highest BCUT2D eigenvalue weighted by Crippen LogP contribution is 2.26. The molecule has 1 aromatic heterocycles. The third-order valence-electron chi connectivity index (χ3n) is 3.08. The Morgan fingerprint density at radius 1 is 1.35 bits per heavy atom.